The molecule has 1 heterocycles. The predicted octanol–water partition coefficient (Wildman–Crippen LogP) is 0.236. The summed E-state index contributed by atoms with van der Waals surface area (Å²) in [6, 6.07) is 0. The third kappa shape index (κ3) is 2.64. The Bertz CT molecular complexity index is 279. The van der Waals surface area contributed by atoms with E-state index in [1.54, 1.807) is 13.8 Å². The molecule has 6 heteroatoms. The maximum absolute atomic E-state index is 13.1. The van der Waals surface area contributed by atoms with Crippen LogP contribution in [0.2, 0.25) is 0 Å². The highest BCUT2D eigenvalue weighted by molar-refractivity contribution is 5.86. The van der Waals surface area contributed by atoms with Crippen LogP contribution in [0, 0.1) is 5.92 Å². The molecule has 0 bridgehead atoms. The fraction of sp³-hybridized carbons (Fsp3) is 0.778. The van der Waals surface area contributed by atoms with Crippen LogP contribution in [0.1, 0.15) is 13.8 Å². The minimum absolute atomic E-state index is 0.0763. The summed E-state index contributed by atoms with van der Waals surface area (Å²) >= 11 is 0. The van der Waals surface area contributed by atoms with Gasteiger partial charge in [-0.05, 0) is 0 Å². The smallest absolute Gasteiger partial charge is 0.341 e. The van der Waals surface area contributed by atoms with Crippen LogP contribution in [-0.2, 0) is 9.59 Å². The Kier molecular flexibility index (Phi) is 3.26. The average Bonchev–Trinajstić information content (AvgIpc) is 2.25. The molecular formula is C9H14F2N2O2. The Morgan fingerprint density at radius 2 is 2.13 bits per heavy atom. The predicted molar refractivity (Wildman–Crippen MR) is 49.4 cm³/mol. The van der Waals surface area contributed by atoms with E-state index >= 15 is 0 Å². The van der Waals surface area contributed by atoms with E-state index < -0.39 is 18.4 Å². The monoisotopic (exact) mass is 220 g/mol. The van der Waals surface area contributed by atoms with Gasteiger partial charge in [-0.3, -0.25) is 9.59 Å². The van der Waals surface area contributed by atoms with E-state index in [1.165, 1.54) is 0 Å². The quantitative estimate of drug-likeness (QED) is 0.688. The summed E-state index contributed by atoms with van der Waals surface area (Å²) in [5, 5.41) is 2.08. The third-order valence-corrected chi connectivity index (χ3v) is 2.19. The SMILES string of the molecule is CC(C)C(=O)N1CCNC(=O)C(F)(F)C1. The van der Waals surface area contributed by atoms with Crippen LogP contribution in [-0.4, -0.2) is 42.3 Å². The number of nitrogens with zero attached hydrogens (tertiary/aromatic N) is 1. The Balaban J connectivity index is 2.77. The van der Waals surface area contributed by atoms with Crippen LogP contribution >= 0.6 is 0 Å². The van der Waals surface area contributed by atoms with Crippen molar-refractivity contribution >= 4 is 11.8 Å². The van der Waals surface area contributed by atoms with Gasteiger partial charge in [0.1, 0.15) is 0 Å². The second-order valence-corrected chi connectivity index (χ2v) is 3.87. The van der Waals surface area contributed by atoms with Gasteiger partial charge in [0.2, 0.25) is 5.91 Å². The molecule has 1 saturated heterocycles. The van der Waals surface area contributed by atoms with Crippen molar-refractivity contribution in [1.82, 2.24) is 10.2 Å². The first-order valence-electron chi connectivity index (χ1n) is 4.79. The van der Waals surface area contributed by atoms with E-state index in [2.05, 4.69) is 5.32 Å². The number of rotatable bonds is 1. The minimum atomic E-state index is -3.49. The Morgan fingerprint density at radius 3 is 2.67 bits per heavy atom. The zero-order valence-electron chi connectivity index (χ0n) is 8.72. The number of carbonyl (C=O) groups excluding carboxylic acids is 2. The van der Waals surface area contributed by atoms with E-state index in [0.717, 1.165) is 4.90 Å². The van der Waals surface area contributed by atoms with Crippen molar-refractivity contribution in [2.45, 2.75) is 19.8 Å². The molecule has 0 aromatic carbocycles. The highest BCUT2D eigenvalue weighted by Crippen LogP contribution is 2.18. The molecule has 0 spiro atoms. The van der Waals surface area contributed by atoms with Crippen molar-refractivity contribution in [3.63, 3.8) is 0 Å². The minimum Gasteiger partial charge on any atom is -0.349 e. The fourth-order valence-electron chi connectivity index (χ4n) is 1.38. The molecule has 1 N–H and O–H groups in total. The summed E-state index contributed by atoms with van der Waals surface area (Å²) < 4.78 is 26.3. The number of hydrogen-bond acceptors (Lipinski definition) is 2. The number of nitrogens with one attached hydrogen (secondary N) is 1. The lowest BCUT2D eigenvalue weighted by Gasteiger charge is -2.24. The van der Waals surface area contributed by atoms with Crippen LogP contribution in [0.25, 0.3) is 0 Å². The van der Waals surface area contributed by atoms with Gasteiger partial charge in [0.25, 0.3) is 5.91 Å². The maximum Gasteiger partial charge on any atom is 0.341 e. The molecule has 86 valence electrons. The van der Waals surface area contributed by atoms with Crippen molar-refractivity contribution in [3.05, 3.63) is 0 Å². The molecule has 0 aliphatic carbocycles. The first-order valence-corrected chi connectivity index (χ1v) is 4.79. The molecule has 4 nitrogen and oxygen atoms in total. The number of halogens is 2. The van der Waals surface area contributed by atoms with Crippen molar-refractivity contribution in [2.75, 3.05) is 19.6 Å². The number of hydrogen-bond donors (Lipinski definition) is 1. The molecule has 0 atom stereocenters. The molecule has 1 fully saturated rings. The zero-order valence-corrected chi connectivity index (χ0v) is 8.72. The Labute approximate surface area is 86.6 Å². The fourth-order valence-corrected chi connectivity index (χ4v) is 1.38. The summed E-state index contributed by atoms with van der Waals surface area (Å²) in [4.78, 5) is 23.4. The molecule has 0 saturated carbocycles. The van der Waals surface area contributed by atoms with Gasteiger partial charge in [-0.2, -0.15) is 8.78 Å². The molecule has 1 aliphatic heterocycles. The lowest BCUT2D eigenvalue weighted by atomic mass is 10.2. The molecule has 2 amide bonds. The summed E-state index contributed by atoms with van der Waals surface area (Å²) in [7, 11) is 0. The number of alkyl halides is 2. The second kappa shape index (κ2) is 4.12. The lowest BCUT2D eigenvalue weighted by molar-refractivity contribution is -0.150. The lowest BCUT2D eigenvalue weighted by Crippen LogP contribution is -2.45. The second-order valence-electron chi connectivity index (χ2n) is 3.87. The van der Waals surface area contributed by atoms with E-state index in [-0.39, 0.29) is 24.9 Å². The first kappa shape index (κ1) is 11.9. The molecule has 1 rings (SSSR count). The average molecular weight is 220 g/mol. The van der Waals surface area contributed by atoms with E-state index in [0.29, 0.717) is 0 Å². The summed E-state index contributed by atoms with van der Waals surface area (Å²) in [6.07, 6.45) is 0. The van der Waals surface area contributed by atoms with Gasteiger partial charge in [-0.25, -0.2) is 0 Å². The summed E-state index contributed by atoms with van der Waals surface area (Å²) in [5.74, 6) is -5.48. The van der Waals surface area contributed by atoms with Crippen molar-refractivity contribution in [1.29, 1.82) is 0 Å². The van der Waals surface area contributed by atoms with Gasteiger partial charge in [0, 0.05) is 19.0 Å². The van der Waals surface area contributed by atoms with Gasteiger partial charge in [0.15, 0.2) is 0 Å². The highest BCUT2D eigenvalue weighted by Gasteiger charge is 2.43. The van der Waals surface area contributed by atoms with Crippen LogP contribution in [0.3, 0.4) is 0 Å². The van der Waals surface area contributed by atoms with Crippen molar-refractivity contribution in [3.8, 4) is 0 Å². The molecule has 15 heavy (non-hydrogen) atoms. The normalized spacial score (nSPS) is 21.1. The van der Waals surface area contributed by atoms with Crippen LogP contribution in [0.5, 0.6) is 0 Å². The van der Waals surface area contributed by atoms with Gasteiger partial charge in [0.05, 0.1) is 6.54 Å². The standard InChI is InChI=1S/C9H14F2N2O2/c1-6(2)7(14)13-4-3-12-8(15)9(10,11)5-13/h6H,3-5H2,1-2H3,(H,12,15). The van der Waals surface area contributed by atoms with Crippen LogP contribution in [0.4, 0.5) is 8.78 Å². The maximum atomic E-state index is 13.1. The molecule has 1 aliphatic rings. The van der Waals surface area contributed by atoms with E-state index in [4.69, 9.17) is 0 Å². The molecular weight excluding hydrogens is 206 g/mol. The van der Waals surface area contributed by atoms with Gasteiger partial charge in [-0.1, -0.05) is 13.8 Å². The molecule has 0 unspecified atom stereocenters. The number of amides is 2. The number of carbonyl (C=O) groups is 2. The third-order valence-electron chi connectivity index (χ3n) is 2.19. The Morgan fingerprint density at radius 1 is 1.53 bits per heavy atom. The van der Waals surface area contributed by atoms with E-state index in [1.807, 2.05) is 0 Å². The molecule has 0 aromatic heterocycles. The zero-order chi connectivity index (χ0) is 11.6. The Hall–Kier alpha value is -1.20. The van der Waals surface area contributed by atoms with Gasteiger partial charge >= 0.3 is 5.92 Å². The van der Waals surface area contributed by atoms with Gasteiger partial charge in [-0.15, -0.1) is 0 Å². The molecule has 0 radical (unpaired) electrons. The summed E-state index contributed by atoms with van der Waals surface area (Å²) in [6.45, 7) is 2.67. The molecule has 0 aromatic rings. The van der Waals surface area contributed by atoms with Crippen LogP contribution < -0.4 is 5.32 Å². The van der Waals surface area contributed by atoms with Gasteiger partial charge < -0.3 is 10.2 Å². The van der Waals surface area contributed by atoms with Crippen molar-refractivity contribution in [2.24, 2.45) is 5.92 Å². The highest BCUT2D eigenvalue weighted by atomic mass is 19.3. The van der Waals surface area contributed by atoms with Crippen LogP contribution in [0.15, 0.2) is 0 Å². The van der Waals surface area contributed by atoms with E-state index in [9.17, 15) is 18.4 Å². The van der Waals surface area contributed by atoms with Crippen molar-refractivity contribution < 1.29 is 18.4 Å². The summed E-state index contributed by atoms with van der Waals surface area (Å²) in [5.41, 5.74) is 0. The first-order chi connectivity index (χ1) is 6.84. The topological polar surface area (TPSA) is 49.4 Å². The largest absolute Gasteiger partial charge is 0.349 e.